The third-order valence-electron chi connectivity index (χ3n) is 8.63. The van der Waals surface area contributed by atoms with E-state index in [1.165, 1.54) is 0 Å². The Morgan fingerprint density at radius 2 is 1.92 bits per heavy atom. The molecule has 1 amide bonds. The van der Waals surface area contributed by atoms with E-state index >= 15 is 0 Å². The number of amides is 1. The molecule has 38 heavy (non-hydrogen) atoms. The predicted molar refractivity (Wildman–Crippen MR) is 149 cm³/mol. The number of benzene rings is 3. The van der Waals surface area contributed by atoms with Crippen LogP contribution in [0, 0.1) is 0 Å². The van der Waals surface area contributed by atoms with E-state index in [1.54, 1.807) is 6.07 Å². The highest BCUT2D eigenvalue weighted by atomic mass is 35.5. The fourth-order valence-electron chi connectivity index (χ4n) is 6.51. The number of anilines is 2. The van der Waals surface area contributed by atoms with Crippen LogP contribution in [0.5, 0.6) is 0 Å². The highest BCUT2D eigenvalue weighted by Crippen LogP contribution is 2.65. The van der Waals surface area contributed by atoms with Gasteiger partial charge in [-0.05, 0) is 77.8 Å². The topological polar surface area (TPSA) is 89.9 Å². The molecular formula is C31H31ClN2O4. The molecule has 3 aromatic rings. The van der Waals surface area contributed by atoms with Crippen LogP contribution in [0.15, 0.2) is 54.6 Å². The molecule has 196 valence electrons. The van der Waals surface area contributed by atoms with E-state index in [4.69, 9.17) is 11.6 Å². The molecule has 3 atom stereocenters. The van der Waals surface area contributed by atoms with Gasteiger partial charge in [0, 0.05) is 29.4 Å². The number of aliphatic hydroxyl groups excluding tert-OH is 1. The van der Waals surface area contributed by atoms with Crippen molar-refractivity contribution in [1.82, 2.24) is 0 Å². The first-order valence-corrected chi connectivity index (χ1v) is 13.6. The van der Waals surface area contributed by atoms with Crippen LogP contribution in [0.4, 0.5) is 11.4 Å². The Morgan fingerprint density at radius 3 is 2.61 bits per heavy atom. The van der Waals surface area contributed by atoms with Crippen molar-refractivity contribution >= 4 is 34.9 Å². The number of nitrogens with one attached hydrogen (secondary N) is 1. The zero-order valence-electron chi connectivity index (χ0n) is 21.5. The quantitative estimate of drug-likeness (QED) is 0.355. The average Bonchev–Trinajstić information content (AvgIpc) is 3.37. The van der Waals surface area contributed by atoms with Gasteiger partial charge in [0.15, 0.2) is 0 Å². The SMILES string of the molecule is CC(C)c1ccc(C2CC23C(=O)Nc2cc(Cl)c(-c4ccc(N5CCCC5CO)cc4)cc23)cc1C(=O)O. The van der Waals surface area contributed by atoms with E-state index in [-0.39, 0.29) is 30.4 Å². The van der Waals surface area contributed by atoms with Gasteiger partial charge in [-0.1, -0.05) is 49.7 Å². The summed E-state index contributed by atoms with van der Waals surface area (Å²) in [6.45, 7) is 5.05. The number of carbonyl (C=O) groups is 2. The molecule has 2 aliphatic heterocycles. The Kier molecular flexibility index (Phi) is 6.00. The molecule has 7 heteroatoms. The van der Waals surface area contributed by atoms with E-state index in [1.807, 2.05) is 50.2 Å². The highest BCUT2D eigenvalue weighted by molar-refractivity contribution is 6.34. The summed E-state index contributed by atoms with van der Waals surface area (Å²) in [5.41, 5.74) is 5.80. The molecule has 6 nitrogen and oxygen atoms in total. The number of carboxylic acids is 1. The maximum absolute atomic E-state index is 13.3. The van der Waals surface area contributed by atoms with Crippen LogP contribution in [0.3, 0.4) is 0 Å². The van der Waals surface area contributed by atoms with E-state index < -0.39 is 11.4 Å². The number of hydrogen-bond donors (Lipinski definition) is 3. The fraction of sp³-hybridized carbons (Fsp3) is 0.355. The summed E-state index contributed by atoms with van der Waals surface area (Å²) in [6.07, 6.45) is 2.69. The Bertz CT molecular complexity index is 1450. The molecule has 2 heterocycles. The van der Waals surface area contributed by atoms with Crippen molar-refractivity contribution in [1.29, 1.82) is 0 Å². The maximum atomic E-state index is 13.3. The van der Waals surface area contributed by atoms with E-state index in [9.17, 15) is 19.8 Å². The Morgan fingerprint density at radius 1 is 1.16 bits per heavy atom. The molecule has 6 rings (SSSR count). The Balaban J connectivity index is 1.34. The number of hydrogen-bond acceptors (Lipinski definition) is 4. The lowest BCUT2D eigenvalue weighted by Gasteiger charge is -2.25. The summed E-state index contributed by atoms with van der Waals surface area (Å²) in [7, 11) is 0. The van der Waals surface area contributed by atoms with Gasteiger partial charge in [0.25, 0.3) is 0 Å². The van der Waals surface area contributed by atoms with E-state index in [0.717, 1.165) is 58.6 Å². The second-order valence-electron chi connectivity index (χ2n) is 11.1. The molecule has 3 unspecified atom stereocenters. The summed E-state index contributed by atoms with van der Waals surface area (Å²) in [4.78, 5) is 27.5. The lowest BCUT2D eigenvalue weighted by atomic mass is 9.88. The van der Waals surface area contributed by atoms with Gasteiger partial charge in [-0.3, -0.25) is 4.79 Å². The minimum Gasteiger partial charge on any atom is -0.478 e. The largest absolute Gasteiger partial charge is 0.478 e. The third kappa shape index (κ3) is 3.81. The van der Waals surface area contributed by atoms with Crippen LogP contribution in [-0.2, 0) is 10.2 Å². The molecular weight excluding hydrogens is 500 g/mol. The van der Waals surface area contributed by atoms with Gasteiger partial charge >= 0.3 is 5.97 Å². The van der Waals surface area contributed by atoms with Crippen LogP contribution < -0.4 is 10.2 Å². The summed E-state index contributed by atoms with van der Waals surface area (Å²) >= 11 is 6.71. The third-order valence-corrected chi connectivity index (χ3v) is 8.94. The minimum atomic E-state index is -0.946. The van der Waals surface area contributed by atoms with Gasteiger partial charge in [0.1, 0.15) is 0 Å². The normalized spacial score (nSPS) is 23.7. The summed E-state index contributed by atoms with van der Waals surface area (Å²) in [5, 5.41) is 23.1. The molecule has 0 aromatic heterocycles. The number of carboxylic acid groups (broad SMARTS) is 1. The van der Waals surface area contributed by atoms with Crippen LogP contribution in [0.2, 0.25) is 5.02 Å². The molecule has 0 bridgehead atoms. The number of aliphatic hydroxyl groups is 1. The van der Waals surface area contributed by atoms with Crippen molar-refractivity contribution in [2.45, 2.75) is 56.4 Å². The number of aromatic carboxylic acids is 1. The van der Waals surface area contributed by atoms with Crippen molar-refractivity contribution in [2.75, 3.05) is 23.4 Å². The predicted octanol–water partition coefficient (Wildman–Crippen LogP) is 6.17. The molecule has 1 aliphatic carbocycles. The molecule has 2 fully saturated rings. The molecule has 1 spiro atoms. The van der Waals surface area contributed by atoms with E-state index in [2.05, 4.69) is 22.3 Å². The lowest BCUT2D eigenvalue weighted by molar-refractivity contribution is -0.118. The van der Waals surface area contributed by atoms with Gasteiger partial charge in [0.05, 0.1) is 28.6 Å². The highest BCUT2D eigenvalue weighted by Gasteiger charge is 2.65. The maximum Gasteiger partial charge on any atom is 0.335 e. The van der Waals surface area contributed by atoms with Crippen molar-refractivity contribution in [3.05, 3.63) is 81.9 Å². The average molecular weight is 531 g/mol. The van der Waals surface area contributed by atoms with Crippen LogP contribution in [-0.4, -0.2) is 41.3 Å². The van der Waals surface area contributed by atoms with E-state index in [0.29, 0.717) is 17.0 Å². The first-order valence-electron chi connectivity index (χ1n) is 13.2. The molecule has 3 aromatic carbocycles. The fourth-order valence-corrected chi connectivity index (χ4v) is 6.79. The number of nitrogens with zero attached hydrogens (tertiary/aromatic N) is 1. The van der Waals surface area contributed by atoms with Crippen LogP contribution >= 0.6 is 11.6 Å². The van der Waals surface area contributed by atoms with Gasteiger partial charge in [0.2, 0.25) is 5.91 Å². The Labute approximate surface area is 227 Å². The first-order chi connectivity index (χ1) is 18.2. The summed E-state index contributed by atoms with van der Waals surface area (Å²) < 4.78 is 0. The molecule has 3 aliphatic rings. The van der Waals surface area contributed by atoms with Crippen molar-refractivity contribution in [3.8, 4) is 11.1 Å². The Hall–Kier alpha value is -3.35. The second kappa shape index (κ2) is 9.14. The minimum absolute atomic E-state index is 0.0602. The van der Waals surface area contributed by atoms with Crippen LogP contribution in [0.1, 0.15) is 72.0 Å². The summed E-state index contributed by atoms with van der Waals surface area (Å²) in [6, 6.07) is 17.8. The van der Waals surface area contributed by atoms with Crippen molar-refractivity contribution < 1.29 is 19.8 Å². The van der Waals surface area contributed by atoms with Crippen molar-refractivity contribution in [2.24, 2.45) is 0 Å². The van der Waals surface area contributed by atoms with Crippen LogP contribution in [0.25, 0.3) is 11.1 Å². The standard InChI is InChI=1S/C31H31ClN2O4/c1-17(2)22-10-7-19(12-24(22)29(36)37)26-15-31(26)25-13-23(27(32)14-28(25)33-30(31)38)18-5-8-20(9-6-18)34-11-3-4-21(34)16-35/h5-10,12-14,17,21,26,35H,3-4,11,15-16H2,1-2H3,(H,33,38)(H,36,37). The number of fused-ring (bicyclic) bond motifs is 2. The van der Waals surface area contributed by atoms with Gasteiger partial charge in [-0.15, -0.1) is 0 Å². The number of rotatable bonds is 6. The van der Waals surface area contributed by atoms with Gasteiger partial charge in [-0.2, -0.15) is 0 Å². The lowest BCUT2D eigenvalue weighted by Crippen LogP contribution is -2.31. The summed E-state index contributed by atoms with van der Waals surface area (Å²) in [5.74, 6) is -1.01. The van der Waals surface area contributed by atoms with Gasteiger partial charge < -0.3 is 20.4 Å². The monoisotopic (exact) mass is 530 g/mol. The number of halogens is 1. The van der Waals surface area contributed by atoms with Gasteiger partial charge in [-0.25, -0.2) is 4.79 Å². The zero-order valence-corrected chi connectivity index (χ0v) is 22.3. The molecule has 0 radical (unpaired) electrons. The number of carbonyl (C=O) groups excluding carboxylic acids is 1. The smallest absolute Gasteiger partial charge is 0.335 e. The molecule has 3 N–H and O–H groups in total. The molecule has 1 saturated carbocycles. The first kappa shape index (κ1) is 25.0. The van der Waals surface area contributed by atoms with Crippen molar-refractivity contribution in [3.63, 3.8) is 0 Å². The second-order valence-corrected chi connectivity index (χ2v) is 11.5. The molecule has 1 saturated heterocycles. The zero-order chi connectivity index (χ0) is 26.8.